The maximum absolute atomic E-state index is 3.92. The quantitative estimate of drug-likeness (QED) is 0.670. The Morgan fingerprint density at radius 3 is 2.00 bits per heavy atom. The molecule has 0 aliphatic carbocycles. The summed E-state index contributed by atoms with van der Waals surface area (Å²) in [6, 6.07) is 10.5. The predicted octanol–water partition coefficient (Wildman–Crippen LogP) is 3.70. The van der Waals surface area contributed by atoms with E-state index < -0.39 is 8.80 Å². The van der Waals surface area contributed by atoms with Crippen LogP contribution < -0.4 is 0 Å². The van der Waals surface area contributed by atoms with E-state index in [-0.39, 0.29) is 0 Å². The van der Waals surface area contributed by atoms with Crippen LogP contribution in [0.5, 0.6) is 0 Å². The zero-order valence-electron chi connectivity index (χ0n) is 9.53. The first-order valence-electron chi connectivity index (χ1n) is 5.18. The van der Waals surface area contributed by atoms with Crippen LogP contribution in [0.4, 0.5) is 0 Å². The van der Waals surface area contributed by atoms with E-state index in [0.29, 0.717) is 0 Å². The van der Waals surface area contributed by atoms with Crippen LogP contribution in [0.2, 0.25) is 0 Å². The lowest BCUT2D eigenvalue weighted by atomic mass is 10.1. The van der Waals surface area contributed by atoms with E-state index in [1.54, 1.807) is 0 Å². The van der Waals surface area contributed by atoms with Gasteiger partial charge in [0, 0.05) is 0 Å². The van der Waals surface area contributed by atoms with Gasteiger partial charge in [-0.2, -0.15) is 0 Å². The highest BCUT2D eigenvalue weighted by atomic mass is 28.3. The van der Waals surface area contributed by atoms with Crippen molar-refractivity contribution in [1.82, 2.24) is 0 Å². The molecule has 0 aromatic heterocycles. The van der Waals surface area contributed by atoms with Gasteiger partial charge >= 0.3 is 0 Å². The summed E-state index contributed by atoms with van der Waals surface area (Å²) < 4.78 is 0. The van der Waals surface area contributed by atoms with E-state index in [1.807, 2.05) is 6.07 Å². The third kappa shape index (κ3) is 2.80. The molecule has 0 radical (unpaired) electrons. The lowest BCUT2D eigenvalue weighted by Crippen LogP contribution is -2.10. The third-order valence-electron chi connectivity index (χ3n) is 2.46. The lowest BCUT2D eigenvalue weighted by Gasteiger charge is -2.14. The van der Waals surface area contributed by atoms with Crippen LogP contribution in [0.1, 0.15) is 19.4 Å². The van der Waals surface area contributed by atoms with Crippen molar-refractivity contribution < 1.29 is 0 Å². The molecule has 0 nitrogen and oxygen atoms in total. The van der Waals surface area contributed by atoms with Gasteiger partial charge in [-0.3, -0.25) is 0 Å². The van der Waals surface area contributed by atoms with Gasteiger partial charge in [0.2, 0.25) is 0 Å². The number of allylic oxidation sites excluding steroid dienone is 1. The highest BCUT2D eigenvalue weighted by Gasteiger charge is 2.11. The lowest BCUT2D eigenvalue weighted by molar-refractivity contribution is 1.41. The van der Waals surface area contributed by atoms with Crippen LogP contribution in [0.25, 0.3) is 5.20 Å². The fraction of sp³-hybridized carbons (Fsp3) is 0.143. The minimum atomic E-state index is -1.18. The molecule has 0 spiro atoms. The van der Waals surface area contributed by atoms with Gasteiger partial charge in [-0.15, -0.1) is 13.2 Å². The molecule has 1 heteroatoms. The molecular weight excluding hydrogens is 196 g/mol. The molecule has 0 unspecified atom stereocenters. The smallest absolute Gasteiger partial charge is 0.107 e. The van der Waals surface area contributed by atoms with Crippen molar-refractivity contribution in [1.29, 1.82) is 0 Å². The minimum Gasteiger partial charge on any atom is -0.107 e. The van der Waals surface area contributed by atoms with Crippen molar-refractivity contribution in [2.75, 3.05) is 0 Å². The molecule has 1 aromatic carbocycles. The molecule has 1 rings (SSSR count). The zero-order valence-corrected chi connectivity index (χ0v) is 10.7. The summed E-state index contributed by atoms with van der Waals surface area (Å²) in [5, 5.41) is 1.45. The van der Waals surface area contributed by atoms with E-state index in [9.17, 15) is 0 Å². The molecule has 1 aromatic rings. The highest BCUT2D eigenvalue weighted by molar-refractivity contribution is 6.87. The van der Waals surface area contributed by atoms with E-state index in [1.165, 1.54) is 16.3 Å². The van der Waals surface area contributed by atoms with Crippen molar-refractivity contribution in [2.45, 2.75) is 13.8 Å². The molecule has 0 saturated carbocycles. The summed E-state index contributed by atoms with van der Waals surface area (Å²) in [6.07, 6.45) is 0. The second-order valence-electron chi connectivity index (χ2n) is 3.78. The molecule has 0 aliphatic rings. The predicted molar refractivity (Wildman–Crippen MR) is 72.3 cm³/mol. The molecule has 78 valence electrons. The Bertz CT molecular complexity index is 362. The van der Waals surface area contributed by atoms with E-state index in [0.717, 1.165) is 0 Å². The van der Waals surface area contributed by atoms with Crippen LogP contribution in [0.3, 0.4) is 0 Å². The van der Waals surface area contributed by atoms with Gasteiger partial charge in [0.05, 0.1) is 0 Å². The fourth-order valence-corrected chi connectivity index (χ4v) is 3.67. The molecule has 15 heavy (non-hydrogen) atoms. The van der Waals surface area contributed by atoms with E-state index in [4.69, 9.17) is 0 Å². The van der Waals surface area contributed by atoms with Gasteiger partial charge in [-0.05, 0) is 24.6 Å². The number of hydrogen-bond acceptors (Lipinski definition) is 0. The molecule has 0 aliphatic heterocycles. The van der Waals surface area contributed by atoms with Crippen molar-refractivity contribution in [3.63, 3.8) is 0 Å². The van der Waals surface area contributed by atoms with Gasteiger partial charge in [-0.25, -0.2) is 0 Å². The van der Waals surface area contributed by atoms with Gasteiger partial charge < -0.3 is 0 Å². The first-order chi connectivity index (χ1) is 7.20. The summed E-state index contributed by atoms with van der Waals surface area (Å²) >= 11 is 0. The molecule has 0 fully saturated rings. The van der Waals surface area contributed by atoms with Crippen molar-refractivity contribution in [2.24, 2.45) is 0 Å². The molecular formula is C14H18Si. The van der Waals surface area contributed by atoms with E-state index >= 15 is 0 Å². The Kier molecular flexibility index (Phi) is 4.31. The Labute approximate surface area is 94.3 Å². The molecule has 0 N–H and O–H groups in total. The zero-order chi connectivity index (χ0) is 11.3. The normalized spacial score (nSPS) is 9.80. The van der Waals surface area contributed by atoms with Gasteiger partial charge in [0.15, 0.2) is 0 Å². The second kappa shape index (κ2) is 5.52. The van der Waals surface area contributed by atoms with Crippen LogP contribution >= 0.6 is 0 Å². The Morgan fingerprint density at radius 1 is 1.07 bits per heavy atom. The Hall–Kier alpha value is -1.34. The first kappa shape index (κ1) is 11.7. The summed E-state index contributed by atoms with van der Waals surface area (Å²) in [7, 11) is -1.18. The van der Waals surface area contributed by atoms with Crippen LogP contribution in [0, 0.1) is 0 Å². The van der Waals surface area contributed by atoms with Gasteiger partial charge in [0.1, 0.15) is 8.80 Å². The average molecular weight is 214 g/mol. The highest BCUT2D eigenvalue weighted by Crippen LogP contribution is 2.22. The van der Waals surface area contributed by atoms with Gasteiger partial charge in [-0.1, -0.05) is 47.3 Å². The number of rotatable bonds is 4. The first-order valence-corrected chi connectivity index (χ1v) is 7.09. The fourth-order valence-electron chi connectivity index (χ4n) is 1.76. The second-order valence-corrected chi connectivity index (χ2v) is 6.35. The van der Waals surface area contributed by atoms with Crippen molar-refractivity contribution >= 4 is 14.0 Å². The van der Waals surface area contributed by atoms with E-state index in [2.05, 4.69) is 62.7 Å². The Balaban J connectivity index is 3.22. The maximum Gasteiger partial charge on any atom is 0.117 e. The molecule has 0 amide bonds. The van der Waals surface area contributed by atoms with Crippen molar-refractivity contribution in [3.8, 4) is 0 Å². The third-order valence-corrected chi connectivity index (χ3v) is 5.06. The summed E-state index contributed by atoms with van der Waals surface area (Å²) in [4.78, 5) is 0. The monoisotopic (exact) mass is 214 g/mol. The molecule has 0 heterocycles. The van der Waals surface area contributed by atoms with Gasteiger partial charge in [0.25, 0.3) is 0 Å². The molecule has 0 atom stereocenters. The summed E-state index contributed by atoms with van der Waals surface area (Å²) in [5.41, 5.74) is 6.83. The topological polar surface area (TPSA) is 0 Å². The van der Waals surface area contributed by atoms with Crippen LogP contribution in [-0.2, 0) is 0 Å². The Morgan fingerprint density at radius 2 is 1.60 bits per heavy atom. The summed E-state index contributed by atoms with van der Waals surface area (Å²) in [6.45, 7) is 12.2. The number of benzene rings is 1. The number of hydrogen-bond donors (Lipinski definition) is 0. The van der Waals surface area contributed by atoms with Crippen molar-refractivity contribution in [3.05, 3.63) is 66.0 Å². The van der Waals surface area contributed by atoms with Crippen LogP contribution in [0.15, 0.2) is 60.5 Å². The summed E-state index contributed by atoms with van der Waals surface area (Å²) in [5.74, 6) is 0. The average Bonchev–Trinajstić information content (AvgIpc) is 2.26. The maximum atomic E-state index is 3.92. The minimum absolute atomic E-state index is 1.18. The van der Waals surface area contributed by atoms with Crippen LogP contribution in [-0.4, -0.2) is 8.80 Å². The standard InChI is InChI=1S/C14H18Si/c1-5-15(6-2)14(12(3)4)13-10-8-7-9-11-13/h5-11,15H,1-2H2,3-4H3. The molecule has 0 bridgehead atoms. The largest absolute Gasteiger partial charge is 0.117 e. The molecule has 0 saturated heterocycles. The SMILES string of the molecule is C=C[SiH](C=C)C(=C(C)C)c1ccccc1.